The van der Waals surface area contributed by atoms with Gasteiger partial charge in [0.15, 0.2) is 0 Å². The number of nitrogens with two attached hydrogens (primary N) is 1. The van der Waals surface area contributed by atoms with Gasteiger partial charge in [0.2, 0.25) is 0 Å². The Balaban J connectivity index is 0.00000225. The molecule has 0 radical (unpaired) electrons. The van der Waals surface area contributed by atoms with Crippen molar-refractivity contribution in [1.29, 1.82) is 5.26 Å². The number of hydrogen-bond donors (Lipinski definition) is 2. The number of phenols is 1. The van der Waals surface area contributed by atoms with Crippen molar-refractivity contribution in [2.24, 2.45) is 5.73 Å². The zero-order valence-corrected chi connectivity index (χ0v) is 8.98. The van der Waals surface area contributed by atoms with Crippen molar-refractivity contribution in [3.8, 4) is 11.8 Å². The molecule has 1 aromatic carbocycles. The predicted octanol–water partition coefficient (Wildman–Crippen LogP) is 1.64. The third kappa shape index (κ3) is 3.08. The first-order valence-electron chi connectivity index (χ1n) is 4.16. The second kappa shape index (κ2) is 5.90. The van der Waals surface area contributed by atoms with Crippen LogP contribution in [0.3, 0.4) is 0 Å². The molecule has 7 heteroatoms. The van der Waals surface area contributed by atoms with E-state index < -0.39 is 11.0 Å². The molecule has 0 fully saturated rings. The third-order valence-electron chi connectivity index (χ3n) is 1.93. The van der Waals surface area contributed by atoms with Crippen LogP contribution in [0.25, 0.3) is 0 Å². The lowest BCUT2D eigenvalue weighted by atomic mass is 10.0. The second-order valence-corrected chi connectivity index (χ2v) is 2.97. The van der Waals surface area contributed by atoms with Crippen LogP contribution in [0.2, 0.25) is 0 Å². The minimum atomic E-state index is -0.713. The number of hydrogen-bond acceptors (Lipinski definition) is 5. The average Bonchev–Trinajstić information content (AvgIpc) is 2.18. The predicted molar refractivity (Wildman–Crippen MR) is 59.2 cm³/mol. The van der Waals surface area contributed by atoms with Gasteiger partial charge < -0.3 is 10.8 Å². The van der Waals surface area contributed by atoms with E-state index in [-0.39, 0.29) is 35.8 Å². The molecule has 0 aliphatic rings. The molecule has 16 heavy (non-hydrogen) atoms. The van der Waals surface area contributed by atoms with Crippen molar-refractivity contribution in [2.45, 2.75) is 12.5 Å². The summed E-state index contributed by atoms with van der Waals surface area (Å²) < 4.78 is 0. The van der Waals surface area contributed by atoms with Crippen molar-refractivity contribution in [3.63, 3.8) is 0 Å². The van der Waals surface area contributed by atoms with E-state index in [2.05, 4.69) is 0 Å². The molecule has 3 N–H and O–H groups in total. The SMILES string of the molecule is Cl.N#CC[C@H](N)c1cc([N+](=O)[O-])ccc1O. The number of aromatic hydroxyl groups is 1. The van der Waals surface area contributed by atoms with Crippen molar-refractivity contribution in [2.75, 3.05) is 0 Å². The Morgan fingerprint density at radius 2 is 2.25 bits per heavy atom. The minimum Gasteiger partial charge on any atom is -0.508 e. The second-order valence-electron chi connectivity index (χ2n) is 2.97. The molecule has 0 aliphatic heterocycles. The molecule has 86 valence electrons. The first-order valence-corrected chi connectivity index (χ1v) is 4.16. The molecule has 0 amide bonds. The van der Waals surface area contributed by atoms with Crippen LogP contribution in [0.15, 0.2) is 18.2 Å². The number of halogens is 1. The fraction of sp³-hybridized carbons (Fsp3) is 0.222. The largest absolute Gasteiger partial charge is 0.508 e. The molecule has 0 aromatic heterocycles. The van der Waals surface area contributed by atoms with Crippen LogP contribution in [0.1, 0.15) is 18.0 Å². The van der Waals surface area contributed by atoms with Gasteiger partial charge in [0.25, 0.3) is 5.69 Å². The Morgan fingerprint density at radius 1 is 1.62 bits per heavy atom. The van der Waals surface area contributed by atoms with Crippen LogP contribution in [0, 0.1) is 21.4 Å². The fourth-order valence-electron chi connectivity index (χ4n) is 1.16. The summed E-state index contributed by atoms with van der Waals surface area (Å²) in [5.74, 6) is -0.136. The van der Waals surface area contributed by atoms with Gasteiger partial charge in [-0.05, 0) is 6.07 Å². The minimum absolute atomic E-state index is 0. The van der Waals surface area contributed by atoms with E-state index in [1.165, 1.54) is 18.2 Å². The lowest BCUT2D eigenvalue weighted by Crippen LogP contribution is -2.09. The molecule has 6 nitrogen and oxygen atoms in total. The van der Waals surface area contributed by atoms with Crippen LogP contribution in [0.4, 0.5) is 5.69 Å². The van der Waals surface area contributed by atoms with Gasteiger partial charge in [-0.3, -0.25) is 10.1 Å². The Kier molecular flexibility index (Phi) is 5.22. The average molecular weight is 244 g/mol. The smallest absolute Gasteiger partial charge is 0.270 e. The van der Waals surface area contributed by atoms with Gasteiger partial charge in [0.05, 0.1) is 17.4 Å². The zero-order valence-electron chi connectivity index (χ0n) is 8.16. The van der Waals surface area contributed by atoms with E-state index in [0.29, 0.717) is 0 Å². The highest BCUT2D eigenvalue weighted by Crippen LogP contribution is 2.28. The highest BCUT2D eigenvalue weighted by molar-refractivity contribution is 5.85. The van der Waals surface area contributed by atoms with Crippen molar-refractivity contribution in [3.05, 3.63) is 33.9 Å². The Morgan fingerprint density at radius 3 is 2.75 bits per heavy atom. The maximum atomic E-state index is 10.5. The molecule has 0 unspecified atom stereocenters. The molecule has 1 rings (SSSR count). The van der Waals surface area contributed by atoms with Gasteiger partial charge in [-0.15, -0.1) is 12.4 Å². The van der Waals surface area contributed by atoms with Crippen molar-refractivity contribution < 1.29 is 10.0 Å². The molecular formula is C9H10ClN3O3. The molecule has 1 atom stereocenters. The molecule has 0 spiro atoms. The summed E-state index contributed by atoms with van der Waals surface area (Å²) in [5, 5.41) is 28.3. The number of rotatable bonds is 3. The summed E-state index contributed by atoms with van der Waals surface area (Å²) >= 11 is 0. The van der Waals surface area contributed by atoms with E-state index in [9.17, 15) is 15.2 Å². The topological polar surface area (TPSA) is 113 Å². The summed E-state index contributed by atoms with van der Waals surface area (Å²) in [7, 11) is 0. The molecule has 0 heterocycles. The van der Waals surface area contributed by atoms with Gasteiger partial charge in [0, 0.05) is 23.7 Å². The van der Waals surface area contributed by atoms with Crippen LogP contribution in [0.5, 0.6) is 5.75 Å². The van der Waals surface area contributed by atoms with Crippen molar-refractivity contribution >= 4 is 18.1 Å². The monoisotopic (exact) mass is 243 g/mol. The lowest BCUT2D eigenvalue weighted by Gasteiger charge is -2.09. The standard InChI is InChI=1S/C9H9N3O3.ClH/c10-4-3-8(11)7-5-6(12(14)15)1-2-9(7)13;/h1-2,5,8,13H,3,11H2;1H/t8-;/m0./s1. The van der Waals surface area contributed by atoms with Crippen LogP contribution in [-0.4, -0.2) is 10.0 Å². The number of nitro benzene ring substituents is 1. The Bertz CT molecular complexity index is 430. The van der Waals surface area contributed by atoms with Gasteiger partial charge in [-0.2, -0.15) is 5.26 Å². The maximum Gasteiger partial charge on any atom is 0.270 e. The highest BCUT2D eigenvalue weighted by Gasteiger charge is 2.15. The van der Waals surface area contributed by atoms with E-state index in [1.807, 2.05) is 6.07 Å². The number of non-ortho nitro benzene ring substituents is 1. The number of nitrogens with zero attached hydrogens (tertiary/aromatic N) is 2. The number of benzene rings is 1. The summed E-state index contributed by atoms with van der Waals surface area (Å²) in [6.07, 6.45) is -0.00523. The molecule has 0 saturated carbocycles. The van der Waals surface area contributed by atoms with Crippen LogP contribution >= 0.6 is 12.4 Å². The van der Waals surface area contributed by atoms with Crippen LogP contribution in [-0.2, 0) is 0 Å². The molecule has 0 saturated heterocycles. The Labute approximate surface area is 97.9 Å². The molecular weight excluding hydrogens is 234 g/mol. The number of nitro groups is 1. The first kappa shape index (κ1) is 14.2. The normalized spacial score (nSPS) is 11.0. The molecule has 0 aliphatic carbocycles. The van der Waals surface area contributed by atoms with E-state index in [4.69, 9.17) is 11.0 Å². The quantitative estimate of drug-likeness (QED) is 0.619. The van der Waals surface area contributed by atoms with E-state index in [1.54, 1.807) is 0 Å². The van der Waals surface area contributed by atoms with Crippen molar-refractivity contribution in [1.82, 2.24) is 0 Å². The Hall–Kier alpha value is -1.84. The summed E-state index contributed by atoms with van der Waals surface area (Å²) in [6, 6.07) is 4.68. The van der Waals surface area contributed by atoms with E-state index >= 15 is 0 Å². The zero-order chi connectivity index (χ0) is 11.4. The van der Waals surface area contributed by atoms with Gasteiger partial charge in [0.1, 0.15) is 5.75 Å². The highest BCUT2D eigenvalue weighted by atomic mass is 35.5. The number of nitriles is 1. The van der Waals surface area contributed by atoms with E-state index in [0.717, 1.165) is 0 Å². The summed E-state index contributed by atoms with van der Waals surface area (Å²) in [6.45, 7) is 0. The summed E-state index contributed by atoms with van der Waals surface area (Å²) in [4.78, 5) is 9.88. The molecule has 0 bridgehead atoms. The lowest BCUT2D eigenvalue weighted by molar-refractivity contribution is -0.385. The molecule has 1 aromatic rings. The maximum absolute atomic E-state index is 10.5. The third-order valence-corrected chi connectivity index (χ3v) is 1.93. The van der Waals surface area contributed by atoms with Crippen LogP contribution < -0.4 is 5.73 Å². The number of phenolic OH excluding ortho intramolecular Hbond substituents is 1. The van der Waals surface area contributed by atoms with Gasteiger partial charge >= 0.3 is 0 Å². The first-order chi connectivity index (χ1) is 7.06. The van der Waals surface area contributed by atoms with Gasteiger partial charge in [-0.1, -0.05) is 0 Å². The fourth-order valence-corrected chi connectivity index (χ4v) is 1.16. The van der Waals surface area contributed by atoms with Gasteiger partial charge in [-0.25, -0.2) is 0 Å². The summed E-state index contributed by atoms with van der Waals surface area (Å²) in [5.41, 5.74) is 5.63.